The molecule has 2 N–H and O–H groups in total. The molecule has 0 bridgehead atoms. The number of benzene rings is 3. The lowest BCUT2D eigenvalue weighted by Gasteiger charge is -2.34. The van der Waals surface area contributed by atoms with Gasteiger partial charge in [0.05, 0.1) is 15.5 Å². The summed E-state index contributed by atoms with van der Waals surface area (Å²) in [5, 5.41) is 6.70. The van der Waals surface area contributed by atoms with E-state index in [0.29, 0.717) is 32.6 Å². The molecule has 3 aromatic carbocycles. The van der Waals surface area contributed by atoms with Gasteiger partial charge >= 0.3 is 12.1 Å². The molecule has 0 aliphatic carbocycles. The third kappa shape index (κ3) is 9.24. The van der Waals surface area contributed by atoms with Crippen LogP contribution in [0.3, 0.4) is 0 Å². The third-order valence-corrected chi connectivity index (χ3v) is 14.1. The maximum atomic E-state index is 14.0. The molecular weight excluding hydrogens is 747 g/mol. The third-order valence-electron chi connectivity index (χ3n) is 10.5. The highest BCUT2D eigenvalue weighted by atomic mass is 32.2. The van der Waals surface area contributed by atoms with E-state index in [1.165, 1.54) is 45.0 Å². The zero-order valence-corrected chi connectivity index (χ0v) is 34.8. The number of sulfonamides is 2. The number of carbonyl (C=O) groups is 2. The summed E-state index contributed by atoms with van der Waals surface area (Å²) in [6, 6.07) is 7.52. The normalized spacial score (nSPS) is 22.9. The number of amides is 1. The maximum Gasteiger partial charge on any atom is 0.432 e. The lowest BCUT2D eigenvalue weighted by molar-refractivity contribution is -0.158. The van der Waals surface area contributed by atoms with Gasteiger partial charge in [0, 0.05) is 47.7 Å². The van der Waals surface area contributed by atoms with Gasteiger partial charge in [-0.3, -0.25) is 0 Å². The van der Waals surface area contributed by atoms with E-state index in [4.69, 9.17) is 9.57 Å². The van der Waals surface area contributed by atoms with E-state index < -0.39 is 43.8 Å². The van der Waals surface area contributed by atoms with Crippen LogP contribution in [0.2, 0.25) is 0 Å². The van der Waals surface area contributed by atoms with Crippen molar-refractivity contribution in [2.45, 2.75) is 103 Å². The number of carbonyl (C=O) groups excluding carboxylic acids is 2. The van der Waals surface area contributed by atoms with Gasteiger partial charge in [0.25, 0.3) is 0 Å². The number of hydrogen-bond acceptors (Lipinski definition) is 11. The van der Waals surface area contributed by atoms with Crippen LogP contribution in [0.15, 0.2) is 51.4 Å². The standard InChI is InChI=1S/C39H55N5O9S2/c1-10-27(6)34(37(45)52-39(7,8)9)40-38(46)53-42-36-30-13-11-28(54(48,49)43-19-23(2)15-24(3)20-43)17-32(30)35(41-47)33-18-29(12-14-31(33)36)55(50,51)44-21-25(4)16-26(5)22-44/h11-14,17-18,23-27,34,42H,10,15-16,19-22H2,1-9H3,(H,40,46)/t23-,24+,25-,26+,27?,34?. The molecule has 5 rings (SSSR count). The van der Waals surface area contributed by atoms with Crippen LogP contribution < -0.4 is 10.8 Å². The van der Waals surface area contributed by atoms with Crippen LogP contribution in [0.5, 0.6) is 0 Å². The zero-order valence-electron chi connectivity index (χ0n) is 33.2. The van der Waals surface area contributed by atoms with Crippen molar-refractivity contribution in [2.75, 3.05) is 31.7 Å². The van der Waals surface area contributed by atoms with Crippen LogP contribution in [0.4, 0.5) is 16.2 Å². The lowest BCUT2D eigenvalue weighted by atomic mass is 9.94. The van der Waals surface area contributed by atoms with Crippen molar-refractivity contribution >= 4 is 65.0 Å². The molecule has 0 spiro atoms. The van der Waals surface area contributed by atoms with Crippen LogP contribution in [0.1, 0.15) is 81.6 Å². The highest BCUT2D eigenvalue weighted by Gasteiger charge is 2.35. The van der Waals surface area contributed by atoms with E-state index in [-0.39, 0.29) is 72.3 Å². The first kappa shape index (κ1) is 42.3. The molecule has 0 aromatic heterocycles. The Morgan fingerprint density at radius 2 is 1.24 bits per heavy atom. The summed E-state index contributed by atoms with van der Waals surface area (Å²) >= 11 is 0. The highest BCUT2D eigenvalue weighted by Crippen LogP contribution is 2.44. The number of hydrogen-bond donors (Lipinski definition) is 2. The molecule has 2 aliphatic rings. The zero-order chi connectivity index (χ0) is 40.6. The fraction of sp³-hybridized carbons (Fsp3) is 0.590. The Balaban J connectivity index is 1.62. The quantitative estimate of drug-likeness (QED) is 0.0851. The van der Waals surface area contributed by atoms with Crippen molar-refractivity contribution in [2.24, 2.45) is 34.8 Å². The molecule has 2 fully saturated rings. The summed E-state index contributed by atoms with van der Waals surface area (Å²) in [4.78, 5) is 44.5. The van der Waals surface area contributed by atoms with Crippen LogP contribution >= 0.6 is 0 Å². The van der Waals surface area contributed by atoms with Crippen molar-refractivity contribution in [3.63, 3.8) is 0 Å². The number of piperidine rings is 2. The minimum Gasteiger partial charge on any atom is -0.458 e. The molecule has 14 nitrogen and oxygen atoms in total. The van der Waals surface area contributed by atoms with Gasteiger partial charge in [-0.1, -0.05) is 60.1 Å². The van der Waals surface area contributed by atoms with Crippen LogP contribution in [-0.4, -0.2) is 75.3 Å². The van der Waals surface area contributed by atoms with Gasteiger partial charge < -0.3 is 14.9 Å². The molecule has 6 atom stereocenters. The Morgan fingerprint density at radius 3 is 1.62 bits per heavy atom. The summed E-state index contributed by atoms with van der Waals surface area (Å²) in [5.74, 6) is -0.342. The van der Waals surface area contributed by atoms with Crippen LogP contribution in [-0.2, 0) is 34.4 Å². The van der Waals surface area contributed by atoms with Gasteiger partial charge in [-0.15, -0.1) is 4.91 Å². The molecule has 2 aliphatic heterocycles. The molecular formula is C39H55N5O9S2. The Kier molecular flexibility index (Phi) is 12.5. The number of ether oxygens (including phenoxy) is 1. The monoisotopic (exact) mass is 801 g/mol. The van der Waals surface area contributed by atoms with E-state index in [9.17, 15) is 31.3 Å². The molecule has 302 valence electrons. The fourth-order valence-electron chi connectivity index (χ4n) is 7.88. The van der Waals surface area contributed by atoms with Crippen molar-refractivity contribution in [1.29, 1.82) is 0 Å². The average molecular weight is 802 g/mol. The number of nitrogens with zero attached hydrogens (tertiary/aromatic N) is 3. The number of nitroso groups, excluding NO2 is 1. The van der Waals surface area contributed by atoms with Gasteiger partial charge in [-0.25, -0.2) is 31.9 Å². The van der Waals surface area contributed by atoms with Gasteiger partial charge in [-0.05, 0) is 92.6 Å². The van der Waals surface area contributed by atoms with E-state index in [1.807, 2.05) is 34.6 Å². The number of esters is 1. The smallest absolute Gasteiger partial charge is 0.432 e. The largest absolute Gasteiger partial charge is 0.458 e. The molecule has 2 saturated heterocycles. The second-order valence-corrected chi connectivity index (χ2v) is 20.7. The summed E-state index contributed by atoms with van der Waals surface area (Å²) in [6.07, 6.45) is 1.34. The second-order valence-electron chi connectivity index (χ2n) is 16.8. The van der Waals surface area contributed by atoms with E-state index in [2.05, 4.69) is 16.0 Å². The van der Waals surface area contributed by atoms with Crippen molar-refractivity contribution in [3.8, 4) is 0 Å². The van der Waals surface area contributed by atoms with Crippen LogP contribution in [0.25, 0.3) is 21.5 Å². The predicted octanol–water partition coefficient (Wildman–Crippen LogP) is 7.53. The van der Waals surface area contributed by atoms with Gasteiger partial charge in [0.1, 0.15) is 17.3 Å². The molecule has 2 unspecified atom stereocenters. The molecule has 3 aromatic rings. The first-order valence-corrected chi connectivity index (χ1v) is 21.9. The number of rotatable bonds is 11. The molecule has 0 radical (unpaired) electrons. The Hall–Kier alpha value is -3.86. The Bertz CT molecular complexity index is 2030. The molecule has 1 amide bonds. The molecule has 55 heavy (non-hydrogen) atoms. The average Bonchev–Trinajstić information content (AvgIpc) is 3.09. The van der Waals surface area contributed by atoms with Crippen molar-refractivity contribution < 1.29 is 36.0 Å². The van der Waals surface area contributed by atoms with Crippen molar-refractivity contribution in [1.82, 2.24) is 13.9 Å². The molecule has 0 saturated carbocycles. The summed E-state index contributed by atoms with van der Waals surface area (Å²) in [6.45, 7) is 18.2. The maximum absolute atomic E-state index is 14.0. The topological polar surface area (TPSA) is 181 Å². The van der Waals surface area contributed by atoms with Gasteiger partial charge in [0.15, 0.2) is 0 Å². The van der Waals surface area contributed by atoms with E-state index in [0.717, 1.165) is 12.8 Å². The summed E-state index contributed by atoms with van der Waals surface area (Å²) < 4.78 is 64.5. The van der Waals surface area contributed by atoms with Crippen LogP contribution in [0, 0.1) is 34.5 Å². The number of fused-ring (bicyclic) bond motifs is 2. The minimum atomic E-state index is -4.01. The second kappa shape index (κ2) is 16.3. The summed E-state index contributed by atoms with van der Waals surface area (Å²) in [7, 11) is -8.02. The van der Waals surface area contributed by atoms with Gasteiger partial charge in [-0.2, -0.15) is 8.61 Å². The molecule has 2 heterocycles. The lowest BCUT2D eigenvalue weighted by Crippen LogP contribution is -2.48. The summed E-state index contributed by atoms with van der Waals surface area (Å²) in [5.41, 5.74) is 1.85. The van der Waals surface area contributed by atoms with E-state index in [1.54, 1.807) is 27.7 Å². The predicted molar refractivity (Wildman–Crippen MR) is 213 cm³/mol. The number of anilines is 1. The SMILES string of the molecule is CCC(C)C(NC(=O)ONc1c2ccc(S(=O)(=O)N3C[C@H](C)C[C@H](C)C3)cc2c(N=O)c2cc(S(=O)(=O)N3C[C@H](C)C[C@H](C)C3)ccc12)C(=O)OC(C)(C)C. The first-order chi connectivity index (χ1) is 25.7. The Labute approximate surface area is 324 Å². The fourth-order valence-corrected chi connectivity index (χ4v) is 11.3. The molecule has 16 heteroatoms. The highest BCUT2D eigenvalue weighted by molar-refractivity contribution is 7.89. The van der Waals surface area contributed by atoms with E-state index >= 15 is 0 Å². The minimum absolute atomic E-state index is 0.0658. The first-order valence-electron chi connectivity index (χ1n) is 19.0. The number of nitrogens with one attached hydrogen (secondary N) is 2. The van der Waals surface area contributed by atoms with Gasteiger partial charge in [0.2, 0.25) is 20.0 Å². The van der Waals surface area contributed by atoms with Crippen molar-refractivity contribution in [3.05, 3.63) is 41.3 Å². The Morgan fingerprint density at radius 1 is 0.800 bits per heavy atom.